The third-order valence-electron chi connectivity index (χ3n) is 5.20. The van der Waals surface area contributed by atoms with Crippen molar-refractivity contribution in [2.45, 2.75) is 0 Å². The van der Waals surface area contributed by atoms with E-state index in [0.717, 1.165) is 5.56 Å². The van der Waals surface area contributed by atoms with Gasteiger partial charge in [-0.2, -0.15) is 30.4 Å². The maximum Gasteiger partial charge on any atom is 0.327 e. The van der Waals surface area contributed by atoms with Gasteiger partial charge in [0.25, 0.3) is 5.91 Å². The van der Waals surface area contributed by atoms with Crippen molar-refractivity contribution >= 4 is 22.9 Å². The van der Waals surface area contributed by atoms with Crippen LogP contribution < -0.4 is 9.64 Å². The smallest absolute Gasteiger partial charge is 0.327 e. The number of hydrogen-bond donors (Lipinski definition) is 1. The molecular weight excluding hydrogens is 424 g/mol. The van der Waals surface area contributed by atoms with Crippen molar-refractivity contribution in [3.8, 4) is 23.1 Å². The molecule has 1 N–H and O–H groups in total. The van der Waals surface area contributed by atoms with Gasteiger partial charge in [-0.1, -0.05) is 6.07 Å². The average molecular weight is 446 g/mol. The summed E-state index contributed by atoms with van der Waals surface area (Å²) in [7, 11) is 3.42. The molecule has 0 bridgehead atoms. The second-order valence-corrected chi connectivity index (χ2v) is 7.66. The van der Waals surface area contributed by atoms with E-state index in [9.17, 15) is 4.79 Å². The Morgan fingerprint density at radius 1 is 1.03 bits per heavy atom. The number of aromatic nitrogens is 6. The van der Waals surface area contributed by atoms with Crippen molar-refractivity contribution in [3.05, 3.63) is 48.0 Å². The van der Waals surface area contributed by atoms with Crippen LogP contribution in [-0.2, 0) is 4.74 Å². The quantitative estimate of drug-likeness (QED) is 0.491. The number of amides is 1. The molecule has 1 fully saturated rings. The maximum absolute atomic E-state index is 12.1. The van der Waals surface area contributed by atoms with Crippen molar-refractivity contribution in [3.63, 3.8) is 0 Å². The van der Waals surface area contributed by atoms with Gasteiger partial charge in [-0.3, -0.25) is 4.79 Å². The molecule has 0 saturated carbocycles. The summed E-state index contributed by atoms with van der Waals surface area (Å²) in [5.74, 6) is 1.35. The molecule has 0 unspecified atom stereocenters. The van der Waals surface area contributed by atoms with Crippen LogP contribution in [0, 0.1) is 0 Å². The Hall–Kier alpha value is -4.12. The lowest BCUT2D eigenvalue weighted by atomic mass is 10.1. The summed E-state index contributed by atoms with van der Waals surface area (Å²) >= 11 is 0. The van der Waals surface area contributed by atoms with E-state index in [1.54, 1.807) is 38.4 Å². The number of fused-ring (bicyclic) bond motifs is 1. The zero-order valence-corrected chi connectivity index (χ0v) is 18.2. The van der Waals surface area contributed by atoms with Crippen molar-refractivity contribution < 1.29 is 14.3 Å². The highest BCUT2D eigenvalue weighted by molar-refractivity contribution is 5.94. The Balaban J connectivity index is 1.52. The van der Waals surface area contributed by atoms with Gasteiger partial charge in [0, 0.05) is 38.3 Å². The first kappa shape index (κ1) is 20.8. The van der Waals surface area contributed by atoms with Crippen LogP contribution in [0.3, 0.4) is 0 Å². The third kappa shape index (κ3) is 4.30. The van der Waals surface area contributed by atoms with Gasteiger partial charge in [0.2, 0.25) is 5.95 Å². The highest BCUT2D eigenvalue weighted by Gasteiger charge is 2.20. The Morgan fingerprint density at radius 3 is 2.58 bits per heavy atom. The monoisotopic (exact) mass is 446 g/mol. The molecule has 4 aromatic rings. The first-order valence-corrected chi connectivity index (χ1v) is 10.5. The highest BCUT2D eigenvalue weighted by Crippen LogP contribution is 2.28. The van der Waals surface area contributed by atoms with E-state index in [0.29, 0.717) is 60.4 Å². The Bertz CT molecular complexity index is 1280. The van der Waals surface area contributed by atoms with Gasteiger partial charge in [0.1, 0.15) is 16.8 Å². The van der Waals surface area contributed by atoms with Gasteiger partial charge < -0.3 is 19.3 Å². The van der Waals surface area contributed by atoms with Gasteiger partial charge in [-0.05, 0) is 36.4 Å². The Kier molecular flexibility index (Phi) is 5.53. The van der Waals surface area contributed by atoms with Crippen LogP contribution in [-0.4, -0.2) is 81.6 Å². The number of carbonyl (C=O) groups is 1. The molecule has 1 amide bonds. The number of rotatable bonds is 5. The van der Waals surface area contributed by atoms with E-state index in [1.165, 1.54) is 4.90 Å². The zero-order valence-electron chi connectivity index (χ0n) is 18.2. The number of benzene rings is 2. The van der Waals surface area contributed by atoms with Crippen molar-refractivity contribution in [2.75, 3.05) is 45.3 Å². The number of morpholine rings is 1. The fraction of sp³-hybridized carbons (Fsp3) is 0.273. The lowest BCUT2D eigenvalue weighted by molar-refractivity contribution is 0.0827. The second-order valence-electron chi connectivity index (χ2n) is 7.66. The van der Waals surface area contributed by atoms with Gasteiger partial charge in [-0.25, -0.2) is 0 Å². The van der Waals surface area contributed by atoms with Crippen LogP contribution in [0.2, 0.25) is 0 Å². The number of anilines is 1. The number of hydrogen-bond acceptors (Lipinski definition) is 9. The molecule has 0 radical (unpaired) electrons. The number of nitrogens with zero attached hydrogens (tertiary/aromatic N) is 7. The molecule has 0 aliphatic carbocycles. The van der Waals surface area contributed by atoms with Gasteiger partial charge in [-0.15, -0.1) is 0 Å². The van der Waals surface area contributed by atoms with Crippen LogP contribution in [0.15, 0.2) is 42.5 Å². The van der Waals surface area contributed by atoms with Crippen LogP contribution in [0.4, 0.5) is 5.95 Å². The summed E-state index contributed by atoms with van der Waals surface area (Å²) in [5.41, 5.74) is 2.66. The summed E-state index contributed by atoms with van der Waals surface area (Å²) in [6, 6.07) is 12.6. The number of carbonyl (C=O) groups excluding carboxylic acids is 1. The summed E-state index contributed by atoms with van der Waals surface area (Å²) in [6.07, 6.45) is 0. The molecule has 0 spiro atoms. The lowest BCUT2D eigenvalue weighted by Crippen LogP contribution is -2.37. The van der Waals surface area contributed by atoms with Crippen molar-refractivity contribution in [2.24, 2.45) is 0 Å². The summed E-state index contributed by atoms with van der Waals surface area (Å²) in [6.45, 7) is 2.52. The predicted octanol–water partition coefficient (Wildman–Crippen LogP) is 2.14. The molecule has 1 aliphatic rings. The summed E-state index contributed by atoms with van der Waals surface area (Å²) < 4.78 is 11.4. The number of para-hydroxylation sites is 1. The van der Waals surface area contributed by atoms with E-state index in [4.69, 9.17) is 14.5 Å². The SMILES string of the molecule is CN(C)C(=O)c1ccc(Oc2nc(-c3cccc4n[nH]nc34)nc(N3CCOCC3)n2)cc1. The largest absolute Gasteiger partial charge is 0.424 e. The molecule has 11 nitrogen and oxygen atoms in total. The van der Waals surface area contributed by atoms with Crippen LogP contribution in [0.1, 0.15) is 10.4 Å². The molecule has 168 valence electrons. The molecule has 11 heteroatoms. The van der Waals surface area contributed by atoms with E-state index in [1.807, 2.05) is 23.1 Å². The highest BCUT2D eigenvalue weighted by atomic mass is 16.5. The second kappa shape index (κ2) is 8.79. The third-order valence-corrected chi connectivity index (χ3v) is 5.20. The molecule has 1 saturated heterocycles. The minimum atomic E-state index is -0.0840. The van der Waals surface area contributed by atoms with E-state index in [2.05, 4.69) is 25.4 Å². The van der Waals surface area contributed by atoms with E-state index in [-0.39, 0.29) is 11.9 Å². The first-order valence-electron chi connectivity index (χ1n) is 10.5. The topological polar surface area (TPSA) is 122 Å². The first-order chi connectivity index (χ1) is 16.1. The minimum Gasteiger partial charge on any atom is -0.424 e. The number of aromatic amines is 1. The van der Waals surface area contributed by atoms with Crippen LogP contribution in [0.5, 0.6) is 11.8 Å². The fourth-order valence-electron chi connectivity index (χ4n) is 3.49. The number of nitrogens with one attached hydrogen (secondary N) is 1. The Morgan fingerprint density at radius 2 is 1.82 bits per heavy atom. The predicted molar refractivity (Wildman–Crippen MR) is 120 cm³/mol. The summed E-state index contributed by atoms with van der Waals surface area (Å²) in [5, 5.41) is 11.0. The van der Waals surface area contributed by atoms with Crippen molar-refractivity contribution in [1.29, 1.82) is 0 Å². The fourth-order valence-corrected chi connectivity index (χ4v) is 3.49. The zero-order chi connectivity index (χ0) is 22.8. The summed E-state index contributed by atoms with van der Waals surface area (Å²) in [4.78, 5) is 29.5. The number of ether oxygens (including phenoxy) is 2. The molecule has 2 aromatic carbocycles. The minimum absolute atomic E-state index is 0.0840. The van der Waals surface area contributed by atoms with E-state index < -0.39 is 0 Å². The Labute approximate surface area is 189 Å². The van der Waals surface area contributed by atoms with Gasteiger partial charge in [0.05, 0.1) is 13.2 Å². The molecule has 1 aliphatic heterocycles. The number of H-pyrrole nitrogens is 1. The normalized spacial score (nSPS) is 13.8. The van der Waals surface area contributed by atoms with Crippen molar-refractivity contribution in [1.82, 2.24) is 35.3 Å². The van der Waals surface area contributed by atoms with E-state index >= 15 is 0 Å². The molecule has 3 heterocycles. The molecule has 2 aromatic heterocycles. The average Bonchev–Trinajstić information content (AvgIpc) is 3.33. The van der Waals surface area contributed by atoms with Gasteiger partial charge in [0.15, 0.2) is 5.82 Å². The van der Waals surface area contributed by atoms with Gasteiger partial charge >= 0.3 is 6.01 Å². The maximum atomic E-state index is 12.1. The molecule has 5 rings (SSSR count). The molecule has 33 heavy (non-hydrogen) atoms. The van der Waals surface area contributed by atoms with Crippen LogP contribution >= 0.6 is 0 Å². The molecular formula is C22H22N8O3. The standard InChI is InChI=1S/C22H22N8O3/c1-29(2)20(31)14-6-8-15(9-7-14)33-22-24-19(16-4-3-5-17-18(16)27-28-26-17)23-21(25-22)30-10-12-32-13-11-30/h3-9H,10-13H2,1-2H3,(H,26,27,28). The lowest BCUT2D eigenvalue weighted by Gasteiger charge is -2.27. The molecule has 0 atom stereocenters. The van der Waals surface area contributed by atoms with Crippen LogP contribution in [0.25, 0.3) is 22.4 Å².